The van der Waals surface area contributed by atoms with Crippen LogP contribution in [0.25, 0.3) is 0 Å². The van der Waals surface area contributed by atoms with E-state index in [1.54, 1.807) is 12.1 Å². The molecule has 1 atom stereocenters. The Morgan fingerprint density at radius 1 is 0.962 bits per heavy atom. The van der Waals surface area contributed by atoms with Crippen molar-refractivity contribution in [3.05, 3.63) is 65.2 Å². The van der Waals surface area contributed by atoms with Gasteiger partial charge in [-0.1, -0.05) is 47.5 Å². The van der Waals surface area contributed by atoms with Crippen molar-refractivity contribution in [2.75, 3.05) is 32.8 Å². The lowest BCUT2D eigenvalue weighted by atomic mass is 10.1. The van der Waals surface area contributed by atoms with E-state index in [-0.39, 0.29) is 6.04 Å². The van der Waals surface area contributed by atoms with Gasteiger partial charge in [-0.25, -0.2) is 8.42 Å². The maximum atomic E-state index is 12.9. The van der Waals surface area contributed by atoms with E-state index >= 15 is 0 Å². The molecule has 6 heteroatoms. The Balaban J connectivity index is 1.84. The van der Waals surface area contributed by atoms with Gasteiger partial charge in [0.25, 0.3) is 0 Å². The highest BCUT2D eigenvalue weighted by Crippen LogP contribution is 2.18. The summed E-state index contributed by atoms with van der Waals surface area (Å²) >= 11 is 0. The minimum Gasteiger partial charge on any atom is -0.370 e. The number of hydrogen-bond acceptors (Lipinski definition) is 3. The number of benzene rings is 2. The summed E-state index contributed by atoms with van der Waals surface area (Å²) in [4.78, 5) is 1.66. The zero-order chi connectivity index (χ0) is 18.6. The van der Waals surface area contributed by atoms with Gasteiger partial charge in [0.15, 0.2) is 0 Å². The molecule has 0 aliphatic carbocycles. The standard InChI is InChI=1S/C20H26N2O3S/c1-16-3-7-18(8-4-16)20(15-22-11-13-25-14-12-22)21-26(23,24)19-9-5-17(2)6-10-19/h3-10,20-21H,11-15H2,1-2H3/p+1/t20-/m1/s1. The topological polar surface area (TPSA) is 59.8 Å². The van der Waals surface area contributed by atoms with Gasteiger partial charge in [0, 0.05) is 0 Å². The first kappa shape index (κ1) is 19.0. The Morgan fingerprint density at radius 3 is 2.08 bits per heavy atom. The van der Waals surface area contributed by atoms with Gasteiger partial charge in [-0.15, -0.1) is 0 Å². The first-order valence-corrected chi connectivity index (χ1v) is 10.5. The smallest absolute Gasteiger partial charge is 0.241 e. The van der Waals surface area contributed by atoms with Crippen molar-refractivity contribution in [2.24, 2.45) is 0 Å². The highest BCUT2D eigenvalue weighted by Gasteiger charge is 2.26. The number of morpholine rings is 1. The van der Waals surface area contributed by atoms with Crippen LogP contribution in [0.1, 0.15) is 22.7 Å². The Hall–Kier alpha value is -1.73. The summed E-state index contributed by atoms with van der Waals surface area (Å²) in [5.74, 6) is 0. The molecule has 1 saturated heterocycles. The lowest BCUT2D eigenvalue weighted by molar-refractivity contribution is -0.909. The number of ether oxygens (including phenoxy) is 1. The lowest BCUT2D eigenvalue weighted by Gasteiger charge is -2.28. The summed E-state index contributed by atoms with van der Waals surface area (Å²) in [5.41, 5.74) is 3.19. The molecule has 26 heavy (non-hydrogen) atoms. The van der Waals surface area contributed by atoms with Crippen molar-refractivity contribution in [1.29, 1.82) is 0 Å². The first-order valence-electron chi connectivity index (χ1n) is 9.01. The van der Waals surface area contributed by atoms with E-state index in [4.69, 9.17) is 4.74 Å². The number of aryl methyl sites for hydroxylation is 2. The van der Waals surface area contributed by atoms with E-state index in [0.717, 1.165) is 43.0 Å². The second-order valence-corrected chi connectivity index (χ2v) is 8.68. The SMILES string of the molecule is Cc1ccc([C@@H](C[NH+]2CCOCC2)NS(=O)(=O)c2ccc(C)cc2)cc1. The number of nitrogens with one attached hydrogen (secondary N) is 2. The Labute approximate surface area is 156 Å². The predicted octanol–water partition coefficient (Wildman–Crippen LogP) is 1.24. The second kappa shape index (κ2) is 8.31. The third-order valence-electron chi connectivity index (χ3n) is 4.80. The largest absolute Gasteiger partial charge is 0.370 e. The third-order valence-corrected chi connectivity index (χ3v) is 6.29. The van der Waals surface area contributed by atoms with Crippen molar-refractivity contribution >= 4 is 10.0 Å². The van der Waals surface area contributed by atoms with Crippen molar-refractivity contribution < 1.29 is 18.1 Å². The van der Waals surface area contributed by atoms with Crippen LogP contribution in [0.5, 0.6) is 0 Å². The Morgan fingerprint density at radius 2 is 1.50 bits per heavy atom. The predicted molar refractivity (Wildman–Crippen MR) is 102 cm³/mol. The monoisotopic (exact) mass is 375 g/mol. The van der Waals surface area contributed by atoms with Crippen LogP contribution in [0.2, 0.25) is 0 Å². The Kier molecular flexibility index (Phi) is 6.09. The molecule has 2 aromatic rings. The van der Waals surface area contributed by atoms with Crippen LogP contribution in [0.15, 0.2) is 53.4 Å². The average Bonchev–Trinajstić information content (AvgIpc) is 2.63. The lowest BCUT2D eigenvalue weighted by Crippen LogP contribution is -3.14. The molecule has 2 aromatic carbocycles. The third kappa shape index (κ3) is 4.92. The fourth-order valence-electron chi connectivity index (χ4n) is 3.15. The molecule has 1 aliphatic rings. The molecule has 0 radical (unpaired) electrons. The molecular weight excluding hydrogens is 348 g/mol. The van der Waals surface area contributed by atoms with Gasteiger partial charge in [-0.3, -0.25) is 0 Å². The second-order valence-electron chi connectivity index (χ2n) is 6.96. The molecule has 5 nitrogen and oxygen atoms in total. The van der Waals surface area contributed by atoms with Crippen LogP contribution in [-0.2, 0) is 14.8 Å². The van der Waals surface area contributed by atoms with E-state index in [9.17, 15) is 8.42 Å². The zero-order valence-electron chi connectivity index (χ0n) is 15.4. The number of sulfonamides is 1. The van der Waals surface area contributed by atoms with Gasteiger partial charge in [-0.05, 0) is 31.5 Å². The van der Waals surface area contributed by atoms with Crippen LogP contribution in [0.3, 0.4) is 0 Å². The highest BCUT2D eigenvalue weighted by atomic mass is 32.2. The van der Waals surface area contributed by atoms with Crippen LogP contribution in [0, 0.1) is 13.8 Å². The van der Waals surface area contributed by atoms with E-state index < -0.39 is 10.0 Å². The molecule has 0 aromatic heterocycles. The van der Waals surface area contributed by atoms with Crippen molar-refractivity contribution in [1.82, 2.24) is 4.72 Å². The molecule has 0 saturated carbocycles. The first-order chi connectivity index (χ1) is 12.4. The minimum absolute atomic E-state index is 0.269. The quantitative estimate of drug-likeness (QED) is 0.799. The number of quaternary nitrogens is 1. The van der Waals surface area contributed by atoms with Crippen molar-refractivity contribution in [2.45, 2.75) is 24.8 Å². The molecule has 0 spiro atoms. The van der Waals surface area contributed by atoms with Gasteiger partial charge in [-0.2, -0.15) is 4.72 Å². The van der Waals surface area contributed by atoms with Gasteiger partial charge in [0.05, 0.1) is 30.7 Å². The maximum absolute atomic E-state index is 12.9. The molecule has 1 aliphatic heterocycles. The summed E-state index contributed by atoms with van der Waals surface area (Å²) in [5, 5.41) is 0. The average molecular weight is 376 g/mol. The van der Waals surface area contributed by atoms with Gasteiger partial charge >= 0.3 is 0 Å². The van der Waals surface area contributed by atoms with E-state index in [0.29, 0.717) is 11.4 Å². The van der Waals surface area contributed by atoms with E-state index in [1.165, 1.54) is 4.90 Å². The minimum atomic E-state index is -3.58. The van der Waals surface area contributed by atoms with Gasteiger partial charge in [0.1, 0.15) is 13.1 Å². The molecule has 140 valence electrons. The fourth-order valence-corrected chi connectivity index (χ4v) is 4.38. The van der Waals surface area contributed by atoms with Crippen molar-refractivity contribution in [3.63, 3.8) is 0 Å². The molecular formula is C20H27N2O3S+. The van der Waals surface area contributed by atoms with Crippen LogP contribution in [0.4, 0.5) is 0 Å². The van der Waals surface area contributed by atoms with Gasteiger partial charge in [0.2, 0.25) is 10.0 Å². The van der Waals surface area contributed by atoms with Crippen molar-refractivity contribution in [3.8, 4) is 0 Å². The Bertz CT molecular complexity index is 811. The summed E-state index contributed by atoms with van der Waals surface area (Å²) in [6.45, 7) is 7.92. The summed E-state index contributed by atoms with van der Waals surface area (Å²) < 4.78 is 34.1. The van der Waals surface area contributed by atoms with E-state index in [2.05, 4.69) is 4.72 Å². The fraction of sp³-hybridized carbons (Fsp3) is 0.400. The number of rotatable bonds is 6. The van der Waals surface area contributed by atoms with Crippen LogP contribution in [-0.4, -0.2) is 41.3 Å². The molecule has 1 heterocycles. The van der Waals surface area contributed by atoms with Crippen LogP contribution < -0.4 is 9.62 Å². The van der Waals surface area contributed by atoms with Gasteiger partial charge < -0.3 is 9.64 Å². The summed E-state index contributed by atoms with van der Waals surface area (Å²) in [7, 11) is -3.58. The van der Waals surface area contributed by atoms with Crippen LogP contribution >= 0.6 is 0 Å². The van der Waals surface area contributed by atoms with E-state index in [1.807, 2.05) is 50.2 Å². The highest BCUT2D eigenvalue weighted by molar-refractivity contribution is 7.89. The molecule has 3 rings (SSSR count). The molecule has 1 fully saturated rings. The normalized spacial score (nSPS) is 17.2. The molecule has 2 N–H and O–H groups in total. The maximum Gasteiger partial charge on any atom is 0.241 e. The zero-order valence-corrected chi connectivity index (χ0v) is 16.2. The number of hydrogen-bond donors (Lipinski definition) is 2. The summed E-state index contributed by atoms with van der Waals surface area (Å²) in [6.07, 6.45) is 0. The molecule has 0 amide bonds. The summed E-state index contributed by atoms with van der Waals surface area (Å²) in [6, 6.07) is 14.8. The molecule has 0 unspecified atom stereocenters. The molecule has 0 bridgehead atoms.